The Balaban J connectivity index is 1.72. The Morgan fingerprint density at radius 3 is 1.77 bits per heavy atom. The second kappa shape index (κ2) is 7.62. The molecule has 4 fully saturated rings. The van der Waals surface area contributed by atoms with Crippen molar-refractivity contribution in [3.63, 3.8) is 0 Å². The van der Waals surface area contributed by atoms with Gasteiger partial charge < -0.3 is 23.7 Å². The van der Waals surface area contributed by atoms with E-state index in [4.69, 9.17) is 28.2 Å². The van der Waals surface area contributed by atoms with E-state index in [2.05, 4.69) is 0 Å². The first-order valence-electron chi connectivity index (χ1n) is 9.08. The smallest absolute Gasteiger partial charge is 0.264 e. The van der Waals surface area contributed by atoms with Crippen LogP contribution in [0.5, 0.6) is 0 Å². The zero-order chi connectivity index (χ0) is 18.9. The lowest BCUT2D eigenvalue weighted by Gasteiger charge is -2.65. The summed E-state index contributed by atoms with van der Waals surface area (Å²) in [5.74, 6) is 0.143. The number of ether oxygens (including phenoxy) is 5. The maximum atomic E-state index is 10.9. The predicted molar refractivity (Wildman–Crippen MR) is 92.3 cm³/mol. The van der Waals surface area contributed by atoms with Crippen molar-refractivity contribution in [1.29, 1.82) is 0 Å². The lowest BCUT2D eigenvalue weighted by molar-refractivity contribution is -0.311. The highest BCUT2D eigenvalue weighted by molar-refractivity contribution is 7.85. The fourth-order valence-electron chi connectivity index (χ4n) is 5.56. The largest absolute Gasteiger partial charge is 0.375 e. The Bertz CT molecular complexity index is 568. The van der Waals surface area contributed by atoms with Crippen molar-refractivity contribution in [2.45, 2.75) is 61.7 Å². The molecule has 0 heterocycles. The van der Waals surface area contributed by atoms with Gasteiger partial charge in [-0.15, -0.1) is 0 Å². The van der Waals surface area contributed by atoms with Gasteiger partial charge in [0.25, 0.3) is 10.1 Å². The van der Waals surface area contributed by atoms with Crippen LogP contribution in [0.1, 0.15) is 44.9 Å². The molecule has 1 N–H and O–H groups in total. The van der Waals surface area contributed by atoms with E-state index in [1.807, 2.05) is 0 Å². The molecular weight excluding hydrogens is 364 g/mol. The molecular formula is C17H30O8S. The molecule has 0 aromatic rings. The van der Waals surface area contributed by atoms with E-state index < -0.39 is 10.1 Å². The first-order valence-corrected chi connectivity index (χ1v) is 10.7. The quantitative estimate of drug-likeness (QED) is 0.321. The van der Waals surface area contributed by atoms with Crippen molar-refractivity contribution in [1.82, 2.24) is 0 Å². The van der Waals surface area contributed by atoms with Gasteiger partial charge in [0.2, 0.25) is 0 Å². The minimum atomic E-state index is -3.96. The van der Waals surface area contributed by atoms with Crippen molar-refractivity contribution in [2.24, 2.45) is 5.92 Å². The second-order valence-corrected chi connectivity index (χ2v) is 9.72. The third-order valence-electron chi connectivity index (χ3n) is 5.84. The molecule has 4 aliphatic rings. The highest BCUT2D eigenvalue weighted by Gasteiger charge is 2.65. The molecule has 0 aromatic heterocycles. The van der Waals surface area contributed by atoms with E-state index in [-0.39, 0.29) is 49.2 Å². The van der Waals surface area contributed by atoms with Gasteiger partial charge in [-0.2, -0.15) is 8.42 Å². The number of rotatable bonds is 11. The first-order chi connectivity index (χ1) is 12.2. The molecule has 0 aliphatic heterocycles. The molecule has 8 nitrogen and oxygen atoms in total. The van der Waals surface area contributed by atoms with Gasteiger partial charge in [-0.1, -0.05) is 0 Å². The molecule has 0 amide bonds. The van der Waals surface area contributed by atoms with Gasteiger partial charge in [-0.3, -0.25) is 4.55 Å². The summed E-state index contributed by atoms with van der Waals surface area (Å²) >= 11 is 0. The van der Waals surface area contributed by atoms with Gasteiger partial charge >= 0.3 is 0 Å². The van der Waals surface area contributed by atoms with Crippen LogP contribution in [0.25, 0.3) is 0 Å². The molecule has 4 bridgehead atoms. The molecule has 2 unspecified atom stereocenters. The third-order valence-corrected chi connectivity index (χ3v) is 6.64. The van der Waals surface area contributed by atoms with Crippen LogP contribution in [0, 0.1) is 5.92 Å². The topological polar surface area (TPSA) is 101 Å². The number of hydrogen-bond donors (Lipinski definition) is 1. The molecule has 9 heteroatoms. The Morgan fingerprint density at radius 2 is 1.35 bits per heavy atom. The van der Waals surface area contributed by atoms with E-state index in [1.54, 1.807) is 14.2 Å². The summed E-state index contributed by atoms with van der Waals surface area (Å²) in [6.45, 7) is 0.741. The van der Waals surface area contributed by atoms with E-state index >= 15 is 0 Å². The Kier molecular flexibility index (Phi) is 5.99. The maximum absolute atomic E-state index is 10.9. The molecule has 4 rings (SSSR count). The average Bonchev–Trinajstić information content (AvgIpc) is 2.53. The van der Waals surface area contributed by atoms with Crippen molar-refractivity contribution in [3.05, 3.63) is 0 Å². The number of methoxy groups -OCH3 is 2. The van der Waals surface area contributed by atoms with Crippen molar-refractivity contribution >= 4 is 10.1 Å². The SMILES string of the molecule is COCOC12CC3CC(OCCCS(=O)(=O)O)(C1)CC(OCOC)(C3)C2. The lowest BCUT2D eigenvalue weighted by atomic mass is 9.50. The Hall–Kier alpha value is -0.290. The minimum absolute atomic E-state index is 0.228. The number of hydrogen-bond acceptors (Lipinski definition) is 7. The summed E-state index contributed by atoms with van der Waals surface area (Å²) in [6, 6.07) is 0. The van der Waals surface area contributed by atoms with Gasteiger partial charge in [0.05, 0.1) is 22.6 Å². The van der Waals surface area contributed by atoms with Crippen molar-refractivity contribution in [3.8, 4) is 0 Å². The van der Waals surface area contributed by atoms with Gasteiger partial charge in [-0.05, 0) is 31.6 Å². The maximum Gasteiger partial charge on any atom is 0.264 e. The molecule has 0 radical (unpaired) electrons. The molecule has 0 saturated heterocycles. The molecule has 152 valence electrons. The van der Waals surface area contributed by atoms with Gasteiger partial charge in [0.15, 0.2) is 0 Å². The van der Waals surface area contributed by atoms with Crippen LogP contribution in [0.3, 0.4) is 0 Å². The van der Waals surface area contributed by atoms with E-state index in [1.165, 1.54) is 0 Å². The van der Waals surface area contributed by atoms with E-state index in [0.717, 1.165) is 38.5 Å². The highest BCUT2D eigenvalue weighted by atomic mass is 32.2. The van der Waals surface area contributed by atoms with Crippen LogP contribution in [0.15, 0.2) is 0 Å². The van der Waals surface area contributed by atoms with Crippen LogP contribution < -0.4 is 0 Å². The summed E-state index contributed by atoms with van der Waals surface area (Å²) in [5, 5.41) is 0. The van der Waals surface area contributed by atoms with Gasteiger partial charge in [0, 0.05) is 40.1 Å². The molecule has 4 saturated carbocycles. The van der Waals surface area contributed by atoms with Gasteiger partial charge in [0.1, 0.15) is 13.6 Å². The summed E-state index contributed by atoms with van der Waals surface area (Å²) in [7, 11) is -0.742. The van der Waals surface area contributed by atoms with Crippen molar-refractivity contribution < 1.29 is 36.7 Å². The average molecular weight is 394 g/mol. The summed E-state index contributed by atoms with van der Waals surface area (Å²) in [4.78, 5) is 0. The zero-order valence-corrected chi connectivity index (χ0v) is 16.4. The molecule has 0 aromatic carbocycles. The predicted octanol–water partition coefficient (Wildman–Crippen LogP) is 1.74. The fourth-order valence-corrected chi connectivity index (χ4v) is 6.04. The lowest BCUT2D eigenvalue weighted by Crippen LogP contribution is -2.68. The highest BCUT2D eigenvalue weighted by Crippen LogP contribution is 2.62. The summed E-state index contributed by atoms with van der Waals surface area (Å²) in [6.07, 6.45) is 5.42. The molecule has 4 aliphatic carbocycles. The van der Waals surface area contributed by atoms with Crippen LogP contribution in [0.2, 0.25) is 0 Å². The third kappa shape index (κ3) is 4.57. The first kappa shape index (κ1) is 20.4. The summed E-state index contributed by atoms with van der Waals surface area (Å²) in [5.41, 5.74) is -1.07. The summed E-state index contributed by atoms with van der Waals surface area (Å²) < 4.78 is 59.5. The normalized spacial score (nSPS) is 38.8. The zero-order valence-electron chi connectivity index (χ0n) is 15.6. The van der Waals surface area contributed by atoms with Crippen molar-refractivity contribution in [2.75, 3.05) is 40.2 Å². The van der Waals surface area contributed by atoms with E-state index in [0.29, 0.717) is 5.92 Å². The standard InChI is InChI=1S/C17H30O8S/c1-21-12-24-16-7-14-6-15(9-16,23-4-3-5-26(18,19)20)10-17(8-14,11-16)25-13-22-2/h14H,3-13H2,1-2H3,(H,18,19,20). The van der Waals surface area contributed by atoms with E-state index in [9.17, 15) is 8.42 Å². The van der Waals surface area contributed by atoms with Crippen LogP contribution in [-0.4, -0.2) is 69.9 Å². The van der Waals surface area contributed by atoms with Crippen LogP contribution in [-0.2, 0) is 33.8 Å². The van der Waals surface area contributed by atoms with Crippen LogP contribution >= 0.6 is 0 Å². The minimum Gasteiger partial charge on any atom is -0.375 e. The Morgan fingerprint density at radius 1 is 0.885 bits per heavy atom. The van der Waals surface area contributed by atoms with Gasteiger partial charge in [-0.25, -0.2) is 0 Å². The molecule has 0 spiro atoms. The molecule has 2 atom stereocenters. The second-order valence-electron chi connectivity index (χ2n) is 8.15. The Labute approximate surface area is 155 Å². The monoisotopic (exact) mass is 394 g/mol. The molecule has 26 heavy (non-hydrogen) atoms. The van der Waals surface area contributed by atoms with Crippen LogP contribution in [0.4, 0.5) is 0 Å². The fraction of sp³-hybridized carbons (Fsp3) is 1.00.